The molecule has 0 saturated heterocycles. The first-order chi connectivity index (χ1) is 8.69. The Morgan fingerprint density at radius 1 is 1.22 bits per heavy atom. The molecule has 1 aromatic rings. The molecule has 1 aliphatic rings. The van der Waals surface area contributed by atoms with Crippen LogP contribution in [0.2, 0.25) is 0 Å². The Kier molecular flexibility index (Phi) is 2.99. The van der Waals surface area contributed by atoms with Gasteiger partial charge in [0.05, 0.1) is 17.6 Å². The second-order valence-electron chi connectivity index (χ2n) is 3.65. The van der Waals surface area contributed by atoms with Gasteiger partial charge in [0.15, 0.2) is 0 Å². The maximum Gasteiger partial charge on any atom is 0.204 e. The molecule has 2 N–H and O–H groups in total. The molecule has 0 amide bonds. The van der Waals surface area contributed by atoms with Crippen molar-refractivity contribution in [1.29, 1.82) is 10.5 Å². The second kappa shape index (κ2) is 4.60. The topological polar surface area (TPSA) is 82.8 Å². The SMILES string of the molecule is N#CC1=COC(N)=C(C#N)C1c1ccccc1F. The predicted octanol–water partition coefficient (Wildman–Crippen LogP) is 2.04. The van der Waals surface area contributed by atoms with E-state index in [4.69, 9.17) is 21.0 Å². The molecule has 1 unspecified atom stereocenters. The zero-order valence-electron chi connectivity index (χ0n) is 9.22. The molecule has 2 rings (SSSR count). The van der Waals surface area contributed by atoms with E-state index >= 15 is 0 Å². The lowest BCUT2D eigenvalue weighted by Crippen LogP contribution is -2.17. The monoisotopic (exact) mass is 241 g/mol. The van der Waals surface area contributed by atoms with Crippen LogP contribution >= 0.6 is 0 Å². The van der Waals surface area contributed by atoms with E-state index in [2.05, 4.69) is 0 Å². The van der Waals surface area contributed by atoms with E-state index < -0.39 is 11.7 Å². The van der Waals surface area contributed by atoms with Crippen molar-refractivity contribution >= 4 is 0 Å². The van der Waals surface area contributed by atoms with Gasteiger partial charge < -0.3 is 10.5 Å². The molecule has 0 aromatic heterocycles. The summed E-state index contributed by atoms with van der Waals surface area (Å²) in [6.45, 7) is 0. The fourth-order valence-corrected chi connectivity index (χ4v) is 1.80. The van der Waals surface area contributed by atoms with Crippen molar-refractivity contribution in [1.82, 2.24) is 0 Å². The summed E-state index contributed by atoms with van der Waals surface area (Å²) >= 11 is 0. The Balaban J connectivity index is 2.62. The number of ether oxygens (including phenoxy) is 1. The van der Waals surface area contributed by atoms with Crippen molar-refractivity contribution in [3.63, 3.8) is 0 Å². The highest BCUT2D eigenvalue weighted by atomic mass is 19.1. The molecule has 5 heteroatoms. The zero-order chi connectivity index (χ0) is 13.1. The molecule has 1 atom stereocenters. The molecule has 18 heavy (non-hydrogen) atoms. The van der Waals surface area contributed by atoms with Crippen molar-refractivity contribution in [2.45, 2.75) is 5.92 Å². The number of nitriles is 2. The lowest BCUT2D eigenvalue weighted by Gasteiger charge is -2.21. The van der Waals surface area contributed by atoms with Crippen LogP contribution in [0.4, 0.5) is 4.39 Å². The van der Waals surface area contributed by atoms with Crippen molar-refractivity contribution < 1.29 is 9.13 Å². The average Bonchev–Trinajstić information content (AvgIpc) is 2.39. The van der Waals surface area contributed by atoms with E-state index in [0.717, 1.165) is 6.26 Å². The van der Waals surface area contributed by atoms with Gasteiger partial charge in [0.1, 0.15) is 23.7 Å². The van der Waals surface area contributed by atoms with Crippen molar-refractivity contribution in [2.24, 2.45) is 5.73 Å². The predicted molar refractivity (Wildman–Crippen MR) is 60.7 cm³/mol. The highest BCUT2D eigenvalue weighted by molar-refractivity contribution is 5.51. The van der Waals surface area contributed by atoms with E-state index in [1.54, 1.807) is 6.07 Å². The summed E-state index contributed by atoms with van der Waals surface area (Å²) in [6.07, 6.45) is 1.15. The van der Waals surface area contributed by atoms with Crippen molar-refractivity contribution in [3.05, 3.63) is 58.9 Å². The van der Waals surface area contributed by atoms with Gasteiger partial charge in [-0.3, -0.25) is 0 Å². The minimum atomic E-state index is -0.810. The summed E-state index contributed by atoms with van der Waals surface area (Å²) < 4.78 is 18.7. The Morgan fingerprint density at radius 3 is 2.56 bits per heavy atom. The summed E-state index contributed by atoms with van der Waals surface area (Å²) in [5, 5.41) is 18.1. The molecule has 1 aromatic carbocycles. The van der Waals surface area contributed by atoms with Crippen LogP contribution < -0.4 is 5.73 Å². The number of rotatable bonds is 1. The van der Waals surface area contributed by atoms with E-state index in [1.807, 2.05) is 12.1 Å². The number of halogens is 1. The number of hydrogen-bond acceptors (Lipinski definition) is 4. The molecule has 0 spiro atoms. The molecule has 4 nitrogen and oxygen atoms in total. The Bertz CT molecular complexity index is 634. The van der Waals surface area contributed by atoms with Crippen LogP contribution in [0, 0.1) is 28.5 Å². The third-order valence-corrected chi connectivity index (χ3v) is 2.64. The van der Waals surface area contributed by atoms with Crippen LogP contribution in [0.3, 0.4) is 0 Å². The van der Waals surface area contributed by atoms with E-state index in [-0.39, 0.29) is 22.6 Å². The van der Waals surface area contributed by atoms with E-state index in [0.29, 0.717) is 0 Å². The first-order valence-corrected chi connectivity index (χ1v) is 5.10. The smallest absolute Gasteiger partial charge is 0.204 e. The van der Waals surface area contributed by atoms with Gasteiger partial charge in [0.2, 0.25) is 5.88 Å². The summed E-state index contributed by atoms with van der Waals surface area (Å²) in [5.41, 5.74) is 5.96. The Labute approximate surface area is 103 Å². The average molecular weight is 241 g/mol. The van der Waals surface area contributed by atoms with E-state index in [1.165, 1.54) is 18.2 Å². The summed E-state index contributed by atoms with van der Waals surface area (Å²) in [7, 11) is 0. The zero-order valence-corrected chi connectivity index (χ0v) is 9.22. The molecule has 0 bridgehead atoms. The maximum atomic E-state index is 13.8. The van der Waals surface area contributed by atoms with Gasteiger partial charge in [0, 0.05) is 5.56 Å². The molecular formula is C13H8FN3O. The molecule has 88 valence electrons. The van der Waals surface area contributed by atoms with Crippen molar-refractivity contribution in [3.8, 4) is 12.1 Å². The number of nitrogens with zero attached hydrogens (tertiary/aromatic N) is 2. The number of nitrogens with two attached hydrogens (primary N) is 1. The largest absolute Gasteiger partial charge is 0.447 e. The van der Waals surface area contributed by atoms with Gasteiger partial charge in [-0.1, -0.05) is 18.2 Å². The molecule has 1 heterocycles. The van der Waals surface area contributed by atoms with Crippen LogP contribution in [-0.4, -0.2) is 0 Å². The fourth-order valence-electron chi connectivity index (χ4n) is 1.80. The van der Waals surface area contributed by atoms with Crippen LogP contribution in [0.25, 0.3) is 0 Å². The summed E-state index contributed by atoms with van der Waals surface area (Å²) in [4.78, 5) is 0. The minimum Gasteiger partial charge on any atom is -0.447 e. The lowest BCUT2D eigenvalue weighted by molar-refractivity contribution is 0.325. The van der Waals surface area contributed by atoms with Gasteiger partial charge in [0.25, 0.3) is 0 Å². The third-order valence-electron chi connectivity index (χ3n) is 2.64. The van der Waals surface area contributed by atoms with Crippen LogP contribution in [-0.2, 0) is 4.74 Å². The van der Waals surface area contributed by atoms with Gasteiger partial charge in [-0.05, 0) is 6.07 Å². The Morgan fingerprint density at radius 2 is 1.94 bits per heavy atom. The Hall–Kier alpha value is -2.79. The molecular weight excluding hydrogens is 233 g/mol. The fraction of sp³-hybridized carbons (Fsp3) is 0.0769. The van der Waals surface area contributed by atoms with Gasteiger partial charge >= 0.3 is 0 Å². The van der Waals surface area contributed by atoms with Gasteiger partial charge in [-0.15, -0.1) is 0 Å². The maximum absolute atomic E-state index is 13.8. The first kappa shape index (κ1) is 11.7. The molecule has 0 fully saturated rings. The normalized spacial score (nSPS) is 18.4. The molecule has 0 saturated carbocycles. The highest BCUT2D eigenvalue weighted by Crippen LogP contribution is 2.36. The van der Waals surface area contributed by atoms with Crippen LogP contribution in [0.5, 0.6) is 0 Å². The molecule has 0 radical (unpaired) electrons. The standard InChI is InChI=1S/C13H8FN3O/c14-11-4-2-1-3-9(11)12-8(5-15)7-18-13(17)10(12)6-16/h1-4,7,12H,17H2. The second-order valence-corrected chi connectivity index (χ2v) is 3.65. The molecule has 1 aliphatic heterocycles. The number of hydrogen-bond donors (Lipinski definition) is 1. The van der Waals surface area contributed by atoms with Gasteiger partial charge in [-0.2, -0.15) is 10.5 Å². The summed E-state index contributed by atoms with van der Waals surface area (Å²) in [6, 6.07) is 9.71. The highest BCUT2D eigenvalue weighted by Gasteiger charge is 2.30. The quantitative estimate of drug-likeness (QED) is 0.815. The van der Waals surface area contributed by atoms with E-state index in [9.17, 15) is 4.39 Å². The lowest BCUT2D eigenvalue weighted by atomic mass is 9.85. The first-order valence-electron chi connectivity index (χ1n) is 5.10. The van der Waals surface area contributed by atoms with Gasteiger partial charge in [-0.25, -0.2) is 4.39 Å². The molecule has 0 aliphatic carbocycles. The number of benzene rings is 1. The minimum absolute atomic E-state index is 0.0409. The van der Waals surface area contributed by atoms with Crippen LogP contribution in [0.1, 0.15) is 11.5 Å². The summed E-state index contributed by atoms with van der Waals surface area (Å²) in [5.74, 6) is -1.41. The number of allylic oxidation sites excluding steroid dienone is 2. The van der Waals surface area contributed by atoms with Crippen molar-refractivity contribution in [2.75, 3.05) is 0 Å². The van der Waals surface area contributed by atoms with Crippen LogP contribution in [0.15, 0.2) is 47.6 Å². The third kappa shape index (κ3) is 1.79.